The Morgan fingerprint density at radius 3 is 3.29 bits per heavy atom. The minimum absolute atomic E-state index is 0.0769. The maximum absolute atomic E-state index is 11.6. The Balaban J connectivity index is 2.25. The number of aromatic nitrogens is 2. The number of fused-ring (bicyclic) bond motifs is 1. The van der Waals surface area contributed by atoms with Crippen LogP contribution in [0.25, 0.3) is 0 Å². The third-order valence-electron chi connectivity index (χ3n) is 2.36. The average Bonchev–Trinajstić information content (AvgIpc) is 2.61. The molecule has 1 aliphatic heterocycles. The quantitative estimate of drug-likeness (QED) is 0.611. The van der Waals surface area contributed by atoms with Gasteiger partial charge in [-0.1, -0.05) is 0 Å². The fraction of sp³-hybridized carbons (Fsp3) is 0.556. The Morgan fingerprint density at radius 1 is 1.64 bits per heavy atom. The maximum Gasteiger partial charge on any atom is 0.272 e. The van der Waals surface area contributed by atoms with E-state index in [4.69, 9.17) is 0 Å². The number of carbonyl (C=O) groups is 1. The van der Waals surface area contributed by atoms with Gasteiger partial charge in [0.15, 0.2) is 5.69 Å². The monoisotopic (exact) mass is 194 g/mol. The minimum Gasteiger partial charge on any atom is -0.351 e. The molecular weight excluding hydrogens is 180 g/mol. The number of hydrogen-bond acceptors (Lipinski definition) is 3. The van der Waals surface area contributed by atoms with Gasteiger partial charge < -0.3 is 10.6 Å². The molecule has 0 radical (unpaired) electrons. The summed E-state index contributed by atoms with van der Waals surface area (Å²) in [5.74, 6) is -0.0769. The van der Waals surface area contributed by atoms with Crippen molar-refractivity contribution in [2.75, 3.05) is 13.1 Å². The highest BCUT2D eigenvalue weighted by atomic mass is 16.1. The molecule has 0 spiro atoms. The fourth-order valence-electron chi connectivity index (χ4n) is 1.68. The second kappa shape index (κ2) is 3.79. The van der Waals surface area contributed by atoms with Crippen LogP contribution in [0.1, 0.15) is 28.7 Å². The number of nitrogens with zero attached hydrogens (tertiary/aromatic N) is 1. The van der Waals surface area contributed by atoms with Gasteiger partial charge in [0.2, 0.25) is 0 Å². The van der Waals surface area contributed by atoms with E-state index in [0.717, 1.165) is 30.8 Å². The lowest BCUT2D eigenvalue weighted by Gasteiger charge is -2.12. The van der Waals surface area contributed by atoms with Crippen LogP contribution in [0, 0.1) is 0 Å². The van der Waals surface area contributed by atoms with Gasteiger partial charge >= 0.3 is 0 Å². The molecule has 2 rings (SSSR count). The standard InChI is InChI=1S/C9H14N4O/c1-2-11-9(14)8-6-3-4-10-5-7(6)12-13-8/h10H,2-5H2,1H3,(H,11,14)(H,12,13). The molecule has 0 unspecified atom stereocenters. The van der Waals surface area contributed by atoms with Gasteiger partial charge in [-0.3, -0.25) is 9.89 Å². The summed E-state index contributed by atoms with van der Waals surface area (Å²) in [6, 6.07) is 0. The van der Waals surface area contributed by atoms with Crippen molar-refractivity contribution >= 4 is 5.91 Å². The topological polar surface area (TPSA) is 69.8 Å². The van der Waals surface area contributed by atoms with E-state index >= 15 is 0 Å². The van der Waals surface area contributed by atoms with Crippen LogP contribution >= 0.6 is 0 Å². The van der Waals surface area contributed by atoms with E-state index in [-0.39, 0.29) is 5.91 Å². The third-order valence-corrected chi connectivity index (χ3v) is 2.36. The van der Waals surface area contributed by atoms with Gasteiger partial charge in [0.1, 0.15) is 0 Å². The summed E-state index contributed by atoms with van der Waals surface area (Å²) in [6.07, 6.45) is 0.873. The van der Waals surface area contributed by atoms with Crippen molar-refractivity contribution < 1.29 is 4.79 Å². The molecule has 1 aromatic rings. The molecule has 76 valence electrons. The van der Waals surface area contributed by atoms with Crippen molar-refractivity contribution in [3.05, 3.63) is 17.0 Å². The zero-order chi connectivity index (χ0) is 9.97. The Hall–Kier alpha value is -1.36. The normalized spacial score (nSPS) is 14.9. The third kappa shape index (κ3) is 1.50. The number of carbonyl (C=O) groups excluding carboxylic acids is 1. The van der Waals surface area contributed by atoms with Crippen molar-refractivity contribution in [3.8, 4) is 0 Å². The molecule has 3 N–H and O–H groups in total. The zero-order valence-corrected chi connectivity index (χ0v) is 8.18. The molecule has 0 atom stereocenters. The SMILES string of the molecule is CCNC(=O)c1n[nH]c2c1CCNC2. The van der Waals surface area contributed by atoms with E-state index in [1.165, 1.54) is 0 Å². The van der Waals surface area contributed by atoms with E-state index < -0.39 is 0 Å². The van der Waals surface area contributed by atoms with Gasteiger partial charge in [0, 0.05) is 18.7 Å². The Labute approximate surface area is 82.3 Å². The second-order valence-electron chi connectivity index (χ2n) is 3.32. The maximum atomic E-state index is 11.6. The summed E-state index contributed by atoms with van der Waals surface area (Å²) in [5.41, 5.74) is 2.66. The van der Waals surface area contributed by atoms with Crippen molar-refractivity contribution in [2.45, 2.75) is 19.9 Å². The Morgan fingerprint density at radius 2 is 2.50 bits per heavy atom. The van der Waals surface area contributed by atoms with Crippen LogP contribution in [0.2, 0.25) is 0 Å². The van der Waals surface area contributed by atoms with E-state index in [1.54, 1.807) is 0 Å². The molecule has 0 fully saturated rings. The van der Waals surface area contributed by atoms with E-state index in [2.05, 4.69) is 20.8 Å². The lowest BCUT2D eigenvalue weighted by molar-refractivity contribution is 0.0950. The molecular formula is C9H14N4O. The highest BCUT2D eigenvalue weighted by Gasteiger charge is 2.20. The number of aromatic amines is 1. The van der Waals surface area contributed by atoms with Crippen molar-refractivity contribution in [1.29, 1.82) is 0 Å². The van der Waals surface area contributed by atoms with Crippen LogP contribution in [0.15, 0.2) is 0 Å². The molecule has 5 heteroatoms. The summed E-state index contributed by atoms with van der Waals surface area (Å²) in [5, 5.41) is 12.9. The number of rotatable bonds is 2. The van der Waals surface area contributed by atoms with E-state index in [1.807, 2.05) is 6.92 Å². The fourth-order valence-corrected chi connectivity index (χ4v) is 1.68. The predicted octanol–water partition coefficient (Wildman–Crippen LogP) is -0.195. The van der Waals surface area contributed by atoms with Gasteiger partial charge in [-0.2, -0.15) is 5.10 Å². The summed E-state index contributed by atoms with van der Waals surface area (Å²) in [7, 11) is 0. The van der Waals surface area contributed by atoms with E-state index in [9.17, 15) is 4.79 Å². The molecule has 1 amide bonds. The van der Waals surface area contributed by atoms with Crippen LogP contribution in [0.4, 0.5) is 0 Å². The highest BCUT2D eigenvalue weighted by Crippen LogP contribution is 2.14. The lowest BCUT2D eigenvalue weighted by Crippen LogP contribution is -2.27. The summed E-state index contributed by atoms with van der Waals surface area (Å²) >= 11 is 0. The van der Waals surface area contributed by atoms with Crippen LogP contribution in [0.3, 0.4) is 0 Å². The largest absolute Gasteiger partial charge is 0.351 e. The number of H-pyrrole nitrogens is 1. The first-order valence-corrected chi connectivity index (χ1v) is 4.88. The summed E-state index contributed by atoms with van der Waals surface area (Å²) in [4.78, 5) is 11.6. The predicted molar refractivity (Wildman–Crippen MR) is 52.0 cm³/mol. The molecule has 0 bridgehead atoms. The molecule has 1 aliphatic rings. The zero-order valence-electron chi connectivity index (χ0n) is 8.18. The van der Waals surface area contributed by atoms with E-state index in [0.29, 0.717) is 12.2 Å². The highest BCUT2D eigenvalue weighted by molar-refractivity contribution is 5.93. The average molecular weight is 194 g/mol. The first kappa shape index (κ1) is 9.21. The number of amides is 1. The first-order valence-electron chi connectivity index (χ1n) is 4.88. The molecule has 14 heavy (non-hydrogen) atoms. The molecule has 5 nitrogen and oxygen atoms in total. The smallest absolute Gasteiger partial charge is 0.272 e. The van der Waals surface area contributed by atoms with Gasteiger partial charge in [-0.25, -0.2) is 0 Å². The van der Waals surface area contributed by atoms with Crippen molar-refractivity contribution in [1.82, 2.24) is 20.8 Å². The summed E-state index contributed by atoms with van der Waals surface area (Å²) in [6.45, 7) is 4.23. The van der Waals surface area contributed by atoms with Crippen molar-refractivity contribution in [3.63, 3.8) is 0 Å². The van der Waals surface area contributed by atoms with Crippen molar-refractivity contribution in [2.24, 2.45) is 0 Å². The van der Waals surface area contributed by atoms with Gasteiger partial charge in [-0.15, -0.1) is 0 Å². The minimum atomic E-state index is -0.0769. The number of nitrogens with one attached hydrogen (secondary N) is 3. The second-order valence-corrected chi connectivity index (χ2v) is 3.32. The van der Waals surface area contributed by atoms with Gasteiger partial charge in [0.25, 0.3) is 5.91 Å². The molecule has 0 aliphatic carbocycles. The Bertz CT molecular complexity index is 345. The Kier molecular flexibility index (Phi) is 2.49. The molecule has 1 aromatic heterocycles. The first-order chi connectivity index (χ1) is 6.83. The summed E-state index contributed by atoms with van der Waals surface area (Å²) < 4.78 is 0. The van der Waals surface area contributed by atoms with Gasteiger partial charge in [0.05, 0.1) is 5.69 Å². The molecule has 0 saturated heterocycles. The molecule has 2 heterocycles. The number of hydrogen-bond donors (Lipinski definition) is 3. The lowest BCUT2D eigenvalue weighted by atomic mass is 10.1. The van der Waals surface area contributed by atoms with Crippen LogP contribution in [0.5, 0.6) is 0 Å². The van der Waals surface area contributed by atoms with Crippen LogP contribution in [-0.2, 0) is 13.0 Å². The van der Waals surface area contributed by atoms with Gasteiger partial charge in [-0.05, 0) is 19.9 Å². The molecule has 0 aromatic carbocycles. The molecule has 0 saturated carbocycles. The van der Waals surface area contributed by atoms with Crippen LogP contribution < -0.4 is 10.6 Å². The van der Waals surface area contributed by atoms with Crippen LogP contribution in [-0.4, -0.2) is 29.2 Å².